The van der Waals surface area contributed by atoms with Gasteiger partial charge in [-0.1, -0.05) is 6.07 Å². The van der Waals surface area contributed by atoms with E-state index >= 15 is 0 Å². The molecule has 0 unspecified atom stereocenters. The summed E-state index contributed by atoms with van der Waals surface area (Å²) in [6, 6.07) is 7.12. The second kappa shape index (κ2) is 4.69. The molecule has 17 heavy (non-hydrogen) atoms. The minimum absolute atomic E-state index is 0.406. The zero-order chi connectivity index (χ0) is 12.3. The van der Waals surface area contributed by atoms with E-state index in [1.807, 2.05) is 18.2 Å². The minimum Gasteiger partial charge on any atom is -0.496 e. The molecule has 0 radical (unpaired) electrons. The number of rotatable bonds is 3. The monoisotopic (exact) mass is 231 g/mol. The predicted octanol–water partition coefficient (Wildman–Crippen LogP) is 1.74. The van der Waals surface area contributed by atoms with Gasteiger partial charge in [0, 0.05) is 6.20 Å². The second-order valence-corrected chi connectivity index (χ2v) is 3.34. The van der Waals surface area contributed by atoms with Gasteiger partial charge in [-0.05, 0) is 18.2 Å². The van der Waals surface area contributed by atoms with E-state index in [0.29, 0.717) is 28.7 Å². The first kappa shape index (κ1) is 11.2. The lowest BCUT2D eigenvalue weighted by Gasteiger charge is -2.11. The molecule has 0 fully saturated rings. The van der Waals surface area contributed by atoms with E-state index in [-0.39, 0.29) is 0 Å². The van der Waals surface area contributed by atoms with E-state index in [1.165, 1.54) is 0 Å². The van der Waals surface area contributed by atoms with E-state index < -0.39 is 0 Å². The standard InChI is InChI=1S/C12H13N3O2/c1-16-8-4-3-5-9(17-2)11(8)12-14-7-6-10(13)15-12/h3-7H,1-2H3,(H2,13,14,15). The molecule has 5 heteroatoms. The van der Waals surface area contributed by atoms with Gasteiger partial charge in [-0.3, -0.25) is 0 Å². The molecular weight excluding hydrogens is 218 g/mol. The normalized spacial score (nSPS) is 10.0. The molecule has 1 aromatic heterocycles. The van der Waals surface area contributed by atoms with Crippen LogP contribution in [0.3, 0.4) is 0 Å². The third-order valence-electron chi connectivity index (χ3n) is 2.33. The maximum absolute atomic E-state index is 5.65. The van der Waals surface area contributed by atoms with Gasteiger partial charge in [0.05, 0.1) is 14.2 Å². The average molecular weight is 231 g/mol. The molecule has 1 aromatic carbocycles. The van der Waals surface area contributed by atoms with Crippen molar-refractivity contribution in [2.24, 2.45) is 0 Å². The van der Waals surface area contributed by atoms with Gasteiger partial charge < -0.3 is 15.2 Å². The van der Waals surface area contributed by atoms with Crippen LogP contribution in [0.2, 0.25) is 0 Å². The molecule has 5 nitrogen and oxygen atoms in total. The van der Waals surface area contributed by atoms with Crippen LogP contribution in [0.15, 0.2) is 30.5 Å². The lowest BCUT2D eigenvalue weighted by atomic mass is 10.1. The van der Waals surface area contributed by atoms with Crippen molar-refractivity contribution in [3.63, 3.8) is 0 Å². The van der Waals surface area contributed by atoms with Crippen molar-refractivity contribution in [3.05, 3.63) is 30.5 Å². The molecule has 0 atom stereocenters. The number of nitrogens with zero attached hydrogens (tertiary/aromatic N) is 2. The minimum atomic E-state index is 0.406. The van der Waals surface area contributed by atoms with Gasteiger partial charge >= 0.3 is 0 Å². The zero-order valence-corrected chi connectivity index (χ0v) is 9.68. The van der Waals surface area contributed by atoms with Crippen molar-refractivity contribution < 1.29 is 9.47 Å². The lowest BCUT2D eigenvalue weighted by Crippen LogP contribution is -1.98. The highest BCUT2D eigenvalue weighted by atomic mass is 16.5. The number of nitrogens with two attached hydrogens (primary N) is 1. The lowest BCUT2D eigenvalue weighted by molar-refractivity contribution is 0.397. The van der Waals surface area contributed by atoms with E-state index in [4.69, 9.17) is 15.2 Å². The number of ether oxygens (including phenoxy) is 2. The summed E-state index contributed by atoms with van der Waals surface area (Å²) in [5.74, 6) is 2.19. The molecule has 0 spiro atoms. The van der Waals surface area contributed by atoms with Crippen molar-refractivity contribution in [2.75, 3.05) is 20.0 Å². The molecule has 2 aromatic rings. The van der Waals surface area contributed by atoms with Crippen LogP contribution in [-0.4, -0.2) is 24.2 Å². The maximum atomic E-state index is 5.65. The Morgan fingerprint density at radius 2 is 1.71 bits per heavy atom. The maximum Gasteiger partial charge on any atom is 0.169 e. The first-order valence-corrected chi connectivity index (χ1v) is 5.06. The summed E-state index contributed by atoms with van der Waals surface area (Å²) in [5, 5.41) is 0. The quantitative estimate of drug-likeness (QED) is 0.871. The molecule has 0 aliphatic heterocycles. The summed E-state index contributed by atoms with van der Waals surface area (Å²) >= 11 is 0. The summed E-state index contributed by atoms with van der Waals surface area (Å²) in [7, 11) is 3.18. The summed E-state index contributed by atoms with van der Waals surface area (Å²) in [4.78, 5) is 8.34. The summed E-state index contributed by atoms with van der Waals surface area (Å²) in [6.07, 6.45) is 1.60. The molecule has 0 amide bonds. The fraction of sp³-hybridized carbons (Fsp3) is 0.167. The van der Waals surface area contributed by atoms with Gasteiger partial charge in [-0.15, -0.1) is 0 Å². The van der Waals surface area contributed by atoms with Crippen LogP contribution >= 0.6 is 0 Å². The smallest absolute Gasteiger partial charge is 0.169 e. The van der Waals surface area contributed by atoms with Crippen molar-refractivity contribution in [2.45, 2.75) is 0 Å². The Morgan fingerprint density at radius 1 is 1.06 bits per heavy atom. The predicted molar refractivity (Wildman–Crippen MR) is 65.0 cm³/mol. The number of hydrogen-bond acceptors (Lipinski definition) is 5. The number of nitrogen functional groups attached to an aromatic ring is 1. The fourth-order valence-corrected chi connectivity index (χ4v) is 1.56. The van der Waals surface area contributed by atoms with Gasteiger partial charge in [0.1, 0.15) is 22.9 Å². The molecule has 2 N–H and O–H groups in total. The Labute approximate surface area is 99.2 Å². The van der Waals surface area contributed by atoms with Crippen LogP contribution in [0.1, 0.15) is 0 Å². The largest absolute Gasteiger partial charge is 0.496 e. The van der Waals surface area contributed by atoms with Crippen LogP contribution < -0.4 is 15.2 Å². The number of hydrogen-bond donors (Lipinski definition) is 1. The average Bonchev–Trinajstić information content (AvgIpc) is 2.37. The molecule has 88 valence electrons. The van der Waals surface area contributed by atoms with Gasteiger partial charge in [-0.25, -0.2) is 9.97 Å². The molecular formula is C12H13N3O2. The van der Waals surface area contributed by atoms with Gasteiger partial charge in [0.25, 0.3) is 0 Å². The highest BCUT2D eigenvalue weighted by molar-refractivity contribution is 5.72. The van der Waals surface area contributed by atoms with Crippen LogP contribution in [0.4, 0.5) is 5.82 Å². The van der Waals surface area contributed by atoms with Crippen LogP contribution in [0.25, 0.3) is 11.4 Å². The molecule has 2 rings (SSSR count). The Hall–Kier alpha value is -2.30. The number of aromatic nitrogens is 2. The first-order valence-electron chi connectivity index (χ1n) is 5.06. The van der Waals surface area contributed by atoms with Gasteiger partial charge in [-0.2, -0.15) is 0 Å². The Bertz CT molecular complexity index is 507. The second-order valence-electron chi connectivity index (χ2n) is 3.34. The SMILES string of the molecule is COc1cccc(OC)c1-c1nccc(N)n1. The molecule has 0 bridgehead atoms. The van der Waals surface area contributed by atoms with Crippen molar-refractivity contribution in [3.8, 4) is 22.9 Å². The summed E-state index contributed by atoms with van der Waals surface area (Å²) in [6.45, 7) is 0. The number of benzene rings is 1. The third kappa shape index (κ3) is 2.13. The van der Waals surface area contributed by atoms with E-state index in [1.54, 1.807) is 26.5 Å². The fourth-order valence-electron chi connectivity index (χ4n) is 1.56. The molecule has 1 heterocycles. The molecule has 0 saturated carbocycles. The van der Waals surface area contributed by atoms with E-state index in [9.17, 15) is 0 Å². The van der Waals surface area contributed by atoms with Gasteiger partial charge in [0.15, 0.2) is 5.82 Å². The van der Waals surface area contributed by atoms with E-state index in [2.05, 4.69) is 9.97 Å². The van der Waals surface area contributed by atoms with Crippen molar-refractivity contribution in [1.29, 1.82) is 0 Å². The first-order chi connectivity index (χ1) is 8.26. The number of anilines is 1. The Kier molecular flexibility index (Phi) is 3.09. The number of methoxy groups -OCH3 is 2. The topological polar surface area (TPSA) is 70.3 Å². The highest BCUT2D eigenvalue weighted by Crippen LogP contribution is 2.36. The zero-order valence-electron chi connectivity index (χ0n) is 9.68. The van der Waals surface area contributed by atoms with Crippen LogP contribution in [-0.2, 0) is 0 Å². The molecule has 0 aliphatic carbocycles. The van der Waals surface area contributed by atoms with Crippen molar-refractivity contribution in [1.82, 2.24) is 9.97 Å². The van der Waals surface area contributed by atoms with Crippen LogP contribution in [0.5, 0.6) is 11.5 Å². The molecule has 0 aliphatic rings. The summed E-state index contributed by atoms with van der Waals surface area (Å²) < 4.78 is 10.6. The Morgan fingerprint density at radius 3 is 2.24 bits per heavy atom. The Balaban J connectivity index is 2.64. The third-order valence-corrected chi connectivity index (χ3v) is 2.33. The summed E-state index contributed by atoms with van der Waals surface area (Å²) in [5.41, 5.74) is 6.35. The van der Waals surface area contributed by atoms with Crippen molar-refractivity contribution >= 4 is 5.82 Å². The van der Waals surface area contributed by atoms with Gasteiger partial charge in [0.2, 0.25) is 0 Å². The molecule has 0 saturated heterocycles. The highest BCUT2D eigenvalue weighted by Gasteiger charge is 2.14. The van der Waals surface area contributed by atoms with Crippen LogP contribution in [0, 0.1) is 0 Å². The van der Waals surface area contributed by atoms with E-state index in [0.717, 1.165) is 0 Å².